The Labute approximate surface area is 217 Å². The monoisotopic (exact) mass is 577 g/mol. The van der Waals surface area contributed by atoms with Crippen LogP contribution >= 0.6 is 0 Å². The van der Waals surface area contributed by atoms with Gasteiger partial charge in [-0.3, -0.25) is 4.90 Å². The number of ether oxygens (including phenoxy) is 2. The molecule has 2 heterocycles. The normalized spacial score (nSPS) is 14.4. The van der Waals surface area contributed by atoms with Crippen molar-refractivity contribution in [2.75, 3.05) is 58.5 Å². The number of piperazine rings is 1. The number of rotatable bonds is 7. The average molecular weight is 577 g/mol. The molecule has 7 nitrogen and oxygen atoms in total. The van der Waals surface area contributed by atoms with E-state index in [1.54, 1.807) is 12.1 Å². The first-order valence-electron chi connectivity index (χ1n) is 11.2. The van der Waals surface area contributed by atoms with Crippen molar-refractivity contribution < 1.29 is 48.2 Å². The Bertz CT molecular complexity index is 1140. The van der Waals surface area contributed by atoms with Crippen molar-refractivity contribution >= 4 is 28.7 Å². The second kappa shape index (κ2) is 11.7. The van der Waals surface area contributed by atoms with E-state index in [2.05, 4.69) is 57.8 Å². The number of nitrogens with zero attached hydrogens (tertiary/aromatic N) is 3. The number of benzene rings is 2. The molecule has 8 heteroatoms. The molecule has 2 aromatic carbocycles. The number of aromatic hydroxyl groups is 1. The van der Waals surface area contributed by atoms with E-state index in [1.165, 1.54) is 25.3 Å². The molecule has 0 unspecified atom stereocenters. The molecule has 0 atom stereocenters. The number of para-hydroxylation sites is 1. The van der Waals surface area contributed by atoms with E-state index in [4.69, 9.17) is 9.47 Å². The van der Waals surface area contributed by atoms with Gasteiger partial charge in [-0.05, 0) is 29.8 Å². The van der Waals surface area contributed by atoms with E-state index in [1.807, 2.05) is 6.08 Å². The van der Waals surface area contributed by atoms with E-state index < -0.39 is 0 Å². The number of phenolic OH excluding ortho intramolecular Hbond substituents is 1. The Balaban J connectivity index is 0.00000324. The number of phenols is 1. The lowest BCUT2D eigenvalue weighted by molar-refractivity contribution is -0.646. The number of aliphatic hydroxyl groups is 1. The number of aromatic nitrogens is 1. The van der Waals surface area contributed by atoms with Gasteiger partial charge in [-0.2, -0.15) is 4.57 Å². The van der Waals surface area contributed by atoms with Crippen LogP contribution in [0.2, 0.25) is 0 Å². The van der Waals surface area contributed by atoms with Gasteiger partial charge in [0.15, 0.2) is 11.5 Å². The van der Waals surface area contributed by atoms with Crippen molar-refractivity contribution in [3.05, 3.63) is 53.7 Å². The van der Waals surface area contributed by atoms with Crippen molar-refractivity contribution in [3.8, 4) is 17.2 Å². The number of hydrogen-bond donors (Lipinski definition) is 2. The van der Waals surface area contributed by atoms with Gasteiger partial charge in [0.2, 0.25) is 17.0 Å². The fourth-order valence-corrected chi connectivity index (χ4v) is 4.40. The third kappa shape index (κ3) is 5.39. The second-order valence-electron chi connectivity index (χ2n) is 8.19. The molecule has 182 valence electrons. The number of methoxy groups -OCH3 is 2. The Morgan fingerprint density at radius 1 is 0.971 bits per heavy atom. The van der Waals surface area contributed by atoms with Gasteiger partial charge in [-0.15, -0.1) is 0 Å². The molecule has 34 heavy (non-hydrogen) atoms. The van der Waals surface area contributed by atoms with Gasteiger partial charge in [0.05, 0.1) is 31.9 Å². The molecule has 0 radical (unpaired) electrons. The number of fused-ring (bicyclic) bond motifs is 1. The fraction of sp³-hybridized carbons (Fsp3) is 0.346. The number of hydrogen-bond acceptors (Lipinski definition) is 6. The molecular formula is C26H32IN3O4. The molecule has 0 amide bonds. The van der Waals surface area contributed by atoms with E-state index >= 15 is 0 Å². The van der Waals surface area contributed by atoms with Crippen LogP contribution in [0, 0.1) is 0 Å². The highest BCUT2D eigenvalue weighted by molar-refractivity contribution is 5.91. The van der Waals surface area contributed by atoms with Crippen LogP contribution < -0.4 is 42.9 Å². The van der Waals surface area contributed by atoms with Crippen molar-refractivity contribution in [1.29, 1.82) is 0 Å². The minimum atomic E-state index is -0.00367. The number of β-amino-alcohol motifs (C(OH)–C–C–N with tert-alkyl or cyclic N) is 1. The molecule has 0 bridgehead atoms. The van der Waals surface area contributed by atoms with Gasteiger partial charge in [-0.1, -0.05) is 12.1 Å². The van der Waals surface area contributed by atoms with Gasteiger partial charge in [0.1, 0.15) is 7.05 Å². The molecule has 1 saturated heterocycles. The second-order valence-corrected chi connectivity index (χ2v) is 8.19. The topological polar surface area (TPSA) is 69.3 Å². The Morgan fingerprint density at radius 3 is 2.24 bits per heavy atom. The highest BCUT2D eigenvalue weighted by atomic mass is 127. The zero-order valence-corrected chi connectivity index (χ0v) is 22.0. The smallest absolute Gasteiger partial charge is 0.214 e. The van der Waals surface area contributed by atoms with Crippen LogP contribution in [0.15, 0.2) is 42.5 Å². The summed E-state index contributed by atoms with van der Waals surface area (Å²) >= 11 is 0. The number of aliphatic hydroxyl groups excluding tert-OH is 1. The first-order valence-corrected chi connectivity index (χ1v) is 11.2. The highest BCUT2D eigenvalue weighted by Gasteiger charge is 2.22. The summed E-state index contributed by atoms with van der Waals surface area (Å²) in [5.41, 5.74) is 4.31. The lowest BCUT2D eigenvalue weighted by atomic mass is 10.1. The number of anilines is 1. The first kappa shape index (κ1) is 26.1. The van der Waals surface area contributed by atoms with Crippen molar-refractivity contribution in [3.63, 3.8) is 0 Å². The number of halogens is 1. The van der Waals surface area contributed by atoms with Gasteiger partial charge in [0.25, 0.3) is 0 Å². The summed E-state index contributed by atoms with van der Waals surface area (Å²) in [5.74, 6) is 0.743. The fourth-order valence-electron chi connectivity index (χ4n) is 4.40. The minimum Gasteiger partial charge on any atom is -1.00 e. The zero-order chi connectivity index (χ0) is 23.4. The predicted molar refractivity (Wildman–Crippen MR) is 131 cm³/mol. The van der Waals surface area contributed by atoms with Gasteiger partial charge in [0, 0.05) is 50.9 Å². The third-order valence-electron chi connectivity index (χ3n) is 6.29. The van der Waals surface area contributed by atoms with Gasteiger partial charge < -0.3 is 48.6 Å². The molecule has 1 aliphatic rings. The largest absolute Gasteiger partial charge is 1.00 e. The van der Waals surface area contributed by atoms with Crippen LogP contribution in [-0.2, 0) is 7.05 Å². The Morgan fingerprint density at radius 2 is 1.62 bits per heavy atom. The quantitative estimate of drug-likeness (QED) is 0.297. The molecule has 1 aromatic heterocycles. The summed E-state index contributed by atoms with van der Waals surface area (Å²) in [7, 11) is 5.12. The van der Waals surface area contributed by atoms with Crippen LogP contribution in [0.1, 0.15) is 11.3 Å². The SMILES string of the molecule is COc1cc(/C=C/c2cc(N3CCN(CCO)CC3)c3ccccc3[n+]2C)cc(OC)c1O.[I-]. The maximum atomic E-state index is 10.2. The molecule has 1 fully saturated rings. The van der Waals surface area contributed by atoms with E-state index in [-0.39, 0.29) is 36.3 Å². The molecule has 0 aliphatic carbocycles. The summed E-state index contributed by atoms with van der Waals surface area (Å²) in [4.78, 5) is 4.73. The summed E-state index contributed by atoms with van der Waals surface area (Å²) in [5, 5.41) is 20.7. The third-order valence-corrected chi connectivity index (χ3v) is 6.29. The summed E-state index contributed by atoms with van der Waals surface area (Å²) in [6, 6.07) is 14.3. The Kier molecular flexibility index (Phi) is 8.98. The predicted octanol–water partition coefficient (Wildman–Crippen LogP) is -0.324. The average Bonchev–Trinajstić information content (AvgIpc) is 2.85. The van der Waals surface area contributed by atoms with Gasteiger partial charge in [-0.25, -0.2) is 0 Å². The summed E-state index contributed by atoms with van der Waals surface area (Å²) in [6.45, 7) is 4.65. The van der Waals surface area contributed by atoms with Crippen molar-refractivity contribution in [2.45, 2.75) is 0 Å². The van der Waals surface area contributed by atoms with E-state index in [9.17, 15) is 10.2 Å². The molecule has 0 spiro atoms. The maximum absolute atomic E-state index is 10.2. The van der Waals surface area contributed by atoms with Crippen LogP contribution in [-0.4, -0.2) is 68.7 Å². The van der Waals surface area contributed by atoms with Gasteiger partial charge >= 0.3 is 0 Å². The molecule has 4 rings (SSSR count). The van der Waals surface area contributed by atoms with E-state index in [0.29, 0.717) is 11.5 Å². The maximum Gasteiger partial charge on any atom is 0.214 e. The lowest BCUT2D eigenvalue weighted by Crippen LogP contribution is -3.00. The van der Waals surface area contributed by atoms with Crippen LogP contribution in [0.4, 0.5) is 5.69 Å². The van der Waals surface area contributed by atoms with Crippen LogP contribution in [0.3, 0.4) is 0 Å². The van der Waals surface area contributed by atoms with E-state index in [0.717, 1.165) is 49.5 Å². The molecule has 2 N–H and O–H groups in total. The number of pyridine rings is 1. The summed E-state index contributed by atoms with van der Waals surface area (Å²) < 4.78 is 12.8. The molecular weight excluding hydrogens is 545 g/mol. The van der Waals surface area contributed by atoms with Crippen molar-refractivity contribution in [2.24, 2.45) is 7.05 Å². The highest BCUT2D eigenvalue weighted by Crippen LogP contribution is 2.37. The zero-order valence-electron chi connectivity index (χ0n) is 19.9. The van der Waals surface area contributed by atoms with Crippen molar-refractivity contribution in [1.82, 2.24) is 4.90 Å². The minimum absolute atomic E-state index is 0. The first-order chi connectivity index (χ1) is 16.0. The summed E-state index contributed by atoms with van der Waals surface area (Å²) in [6.07, 6.45) is 4.07. The molecule has 0 saturated carbocycles. The van der Waals surface area contributed by atoms with Crippen LogP contribution in [0.5, 0.6) is 17.2 Å². The lowest BCUT2D eigenvalue weighted by Gasteiger charge is -2.36. The standard InChI is InChI=1S/C26H31N3O4.HI/c1-27-20(9-8-19-16-24(32-2)26(31)25(17-19)33-3)18-23(21-6-4-5-7-22(21)27)29-12-10-28(11-13-29)14-15-30;/h4-9,16-18,30H,10-15H2,1-3H3;1H. The Hall–Kier alpha value is -2.56. The number of aryl methyl sites for hydroxylation is 1. The molecule has 3 aromatic rings. The molecule has 1 aliphatic heterocycles. The van der Waals surface area contributed by atoms with Crippen LogP contribution in [0.25, 0.3) is 23.1 Å².